The highest BCUT2D eigenvalue weighted by atomic mass is 19.4. The first-order valence-electron chi connectivity index (χ1n) is 7.90. The Morgan fingerprint density at radius 3 is 2.65 bits per heavy atom. The molecule has 3 aromatic heterocycles. The van der Waals surface area contributed by atoms with Crippen LogP contribution in [0.4, 0.5) is 19.1 Å². The Balaban J connectivity index is 1.50. The Bertz CT molecular complexity index is 898. The fraction of sp³-hybridized carbons (Fsp3) is 0.312. The molecule has 0 unspecified atom stereocenters. The zero-order valence-corrected chi connectivity index (χ0v) is 13.4. The van der Waals surface area contributed by atoms with E-state index in [-0.39, 0.29) is 11.9 Å². The zero-order chi connectivity index (χ0) is 18.1. The number of hydrogen-bond acceptors (Lipinski definition) is 7. The van der Waals surface area contributed by atoms with Gasteiger partial charge in [0, 0.05) is 37.2 Å². The molecule has 4 rings (SSSR count). The van der Waals surface area contributed by atoms with E-state index >= 15 is 0 Å². The average Bonchev–Trinajstić information content (AvgIpc) is 3.31. The standard InChI is InChI=1S/C16H13F3N6O/c17-16(18,19)12-3-7-21-15(22-12)25-8-4-11(9-25)14-24-23-13(26-14)10-1-5-20-6-2-10/h1-3,5-7,11H,4,8-9H2/t11-/m0/s1. The smallest absolute Gasteiger partial charge is 0.420 e. The number of aromatic nitrogens is 5. The number of anilines is 1. The maximum atomic E-state index is 12.8. The molecule has 1 aliphatic rings. The molecule has 0 saturated carbocycles. The van der Waals surface area contributed by atoms with Gasteiger partial charge in [-0.05, 0) is 24.6 Å². The van der Waals surface area contributed by atoms with E-state index in [1.54, 1.807) is 29.4 Å². The van der Waals surface area contributed by atoms with E-state index in [2.05, 4.69) is 25.1 Å². The van der Waals surface area contributed by atoms with Crippen molar-refractivity contribution in [2.45, 2.75) is 18.5 Å². The molecular weight excluding hydrogens is 349 g/mol. The summed E-state index contributed by atoms with van der Waals surface area (Å²) in [6.45, 7) is 0.929. The molecule has 0 N–H and O–H groups in total. The summed E-state index contributed by atoms with van der Waals surface area (Å²) in [5.41, 5.74) is -0.196. The van der Waals surface area contributed by atoms with Crippen LogP contribution < -0.4 is 4.90 Å². The van der Waals surface area contributed by atoms with Gasteiger partial charge in [-0.3, -0.25) is 4.98 Å². The van der Waals surface area contributed by atoms with Crippen molar-refractivity contribution in [1.29, 1.82) is 0 Å². The SMILES string of the molecule is FC(F)(F)c1ccnc(N2CC[C@H](c3nnc(-c4ccncc4)o3)C2)n1. The van der Waals surface area contributed by atoms with E-state index in [4.69, 9.17) is 4.42 Å². The Kier molecular flexibility index (Phi) is 4.02. The molecule has 7 nitrogen and oxygen atoms in total. The highest BCUT2D eigenvalue weighted by molar-refractivity contribution is 5.50. The van der Waals surface area contributed by atoms with Gasteiger partial charge >= 0.3 is 6.18 Å². The van der Waals surface area contributed by atoms with E-state index in [1.165, 1.54) is 0 Å². The van der Waals surface area contributed by atoms with Crippen molar-refractivity contribution in [2.24, 2.45) is 0 Å². The maximum Gasteiger partial charge on any atom is 0.433 e. The Morgan fingerprint density at radius 2 is 1.88 bits per heavy atom. The third-order valence-corrected chi connectivity index (χ3v) is 4.12. The predicted octanol–water partition coefficient (Wildman–Crippen LogP) is 2.93. The number of hydrogen-bond donors (Lipinski definition) is 0. The molecule has 0 radical (unpaired) electrons. The summed E-state index contributed by atoms with van der Waals surface area (Å²) in [6.07, 6.45) is 0.538. The maximum absolute atomic E-state index is 12.8. The fourth-order valence-electron chi connectivity index (χ4n) is 2.81. The minimum atomic E-state index is -4.50. The van der Waals surface area contributed by atoms with Crippen LogP contribution in [-0.4, -0.2) is 38.2 Å². The lowest BCUT2D eigenvalue weighted by Crippen LogP contribution is -2.23. The first-order chi connectivity index (χ1) is 12.5. The lowest BCUT2D eigenvalue weighted by molar-refractivity contribution is -0.141. The zero-order valence-electron chi connectivity index (χ0n) is 13.4. The third kappa shape index (κ3) is 3.22. The first-order valence-corrected chi connectivity index (χ1v) is 7.90. The van der Waals surface area contributed by atoms with Gasteiger partial charge in [-0.1, -0.05) is 0 Å². The monoisotopic (exact) mass is 362 g/mol. The van der Waals surface area contributed by atoms with Crippen LogP contribution in [0, 0.1) is 0 Å². The molecule has 1 atom stereocenters. The van der Waals surface area contributed by atoms with Crippen LogP contribution in [0.15, 0.2) is 41.2 Å². The molecule has 0 amide bonds. The minimum Gasteiger partial charge on any atom is -0.420 e. The molecule has 10 heteroatoms. The second-order valence-electron chi connectivity index (χ2n) is 5.85. The average molecular weight is 362 g/mol. The highest BCUT2D eigenvalue weighted by Gasteiger charge is 2.35. The van der Waals surface area contributed by atoms with E-state index < -0.39 is 11.9 Å². The summed E-state index contributed by atoms with van der Waals surface area (Å²) >= 11 is 0. The number of nitrogens with zero attached hydrogens (tertiary/aromatic N) is 6. The summed E-state index contributed by atoms with van der Waals surface area (Å²) in [6, 6.07) is 4.37. The fourth-order valence-corrected chi connectivity index (χ4v) is 2.81. The molecule has 1 aliphatic heterocycles. The molecule has 1 saturated heterocycles. The summed E-state index contributed by atoms with van der Waals surface area (Å²) in [5, 5.41) is 8.11. The van der Waals surface area contributed by atoms with Crippen LogP contribution in [0.5, 0.6) is 0 Å². The first kappa shape index (κ1) is 16.4. The van der Waals surface area contributed by atoms with Gasteiger partial charge in [0.15, 0.2) is 0 Å². The number of halogens is 3. The van der Waals surface area contributed by atoms with Gasteiger partial charge in [-0.2, -0.15) is 13.2 Å². The quantitative estimate of drug-likeness (QED) is 0.708. The van der Waals surface area contributed by atoms with Crippen LogP contribution in [0.3, 0.4) is 0 Å². The molecule has 3 aromatic rings. The largest absolute Gasteiger partial charge is 0.433 e. The van der Waals surface area contributed by atoms with Crippen LogP contribution in [0.1, 0.15) is 23.9 Å². The molecule has 26 heavy (non-hydrogen) atoms. The van der Waals surface area contributed by atoms with Crippen molar-refractivity contribution < 1.29 is 17.6 Å². The molecular formula is C16H13F3N6O. The molecule has 0 spiro atoms. The molecule has 134 valence electrons. The van der Waals surface area contributed by atoms with Crippen LogP contribution in [0.25, 0.3) is 11.5 Å². The van der Waals surface area contributed by atoms with Crippen molar-refractivity contribution in [3.8, 4) is 11.5 Å². The van der Waals surface area contributed by atoms with Gasteiger partial charge < -0.3 is 9.32 Å². The number of pyridine rings is 1. The van der Waals surface area contributed by atoms with Gasteiger partial charge in [0.2, 0.25) is 17.7 Å². The minimum absolute atomic E-state index is 0.0520. The van der Waals surface area contributed by atoms with Crippen molar-refractivity contribution in [3.63, 3.8) is 0 Å². The molecule has 0 aliphatic carbocycles. The molecule has 0 aromatic carbocycles. The summed E-state index contributed by atoms with van der Waals surface area (Å²) in [7, 11) is 0. The number of alkyl halides is 3. The van der Waals surface area contributed by atoms with E-state index in [0.29, 0.717) is 31.3 Å². The van der Waals surface area contributed by atoms with Gasteiger partial charge in [0.1, 0.15) is 5.69 Å². The number of rotatable bonds is 3. The Morgan fingerprint density at radius 1 is 1.08 bits per heavy atom. The molecule has 0 bridgehead atoms. The molecule has 1 fully saturated rings. The van der Waals surface area contributed by atoms with Crippen molar-refractivity contribution in [3.05, 3.63) is 48.4 Å². The van der Waals surface area contributed by atoms with Crippen LogP contribution in [-0.2, 0) is 6.18 Å². The van der Waals surface area contributed by atoms with Gasteiger partial charge in [-0.25, -0.2) is 9.97 Å². The lowest BCUT2D eigenvalue weighted by Gasteiger charge is -2.16. The van der Waals surface area contributed by atoms with Crippen molar-refractivity contribution in [1.82, 2.24) is 25.1 Å². The van der Waals surface area contributed by atoms with Gasteiger partial charge in [0.05, 0.1) is 5.92 Å². The van der Waals surface area contributed by atoms with E-state index in [1.807, 2.05) is 0 Å². The second kappa shape index (κ2) is 6.36. The Labute approximate surface area is 145 Å². The summed E-state index contributed by atoms with van der Waals surface area (Å²) in [4.78, 5) is 13.2. The van der Waals surface area contributed by atoms with Crippen molar-refractivity contribution in [2.75, 3.05) is 18.0 Å². The predicted molar refractivity (Wildman–Crippen MR) is 84.1 cm³/mol. The van der Waals surface area contributed by atoms with Crippen LogP contribution in [0.2, 0.25) is 0 Å². The topological polar surface area (TPSA) is 80.8 Å². The normalized spacial score (nSPS) is 17.7. The molecule has 4 heterocycles. The van der Waals surface area contributed by atoms with E-state index in [0.717, 1.165) is 17.8 Å². The van der Waals surface area contributed by atoms with Crippen molar-refractivity contribution >= 4 is 5.95 Å². The second-order valence-corrected chi connectivity index (χ2v) is 5.85. The van der Waals surface area contributed by atoms with Gasteiger partial charge in [-0.15, -0.1) is 10.2 Å². The van der Waals surface area contributed by atoms with Crippen LogP contribution >= 0.6 is 0 Å². The lowest BCUT2D eigenvalue weighted by atomic mass is 10.1. The van der Waals surface area contributed by atoms with Gasteiger partial charge in [0.25, 0.3) is 0 Å². The summed E-state index contributed by atoms with van der Waals surface area (Å²) < 4.78 is 44.2. The van der Waals surface area contributed by atoms with E-state index in [9.17, 15) is 13.2 Å². The third-order valence-electron chi connectivity index (χ3n) is 4.12. The summed E-state index contributed by atoms with van der Waals surface area (Å²) in [5.74, 6) is 0.801. The highest BCUT2D eigenvalue weighted by Crippen LogP contribution is 2.32. The Hall–Kier alpha value is -3.04.